The summed E-state index contributed by atoms with van der Waals surface area (Å²) in [4.78, 5) is 37.9. The number of amides is 1. The van der Waals surface area contributed by atoms with Crippen LogP contribution in [0.15, 0.2) is 59.8 Å². The lowest BCUT2D eigenvalue weighted by Gasteiger charge is -2.40. The summed E-state index contributed by atoms with van der Waals surface area (Å²) < 4.78 is 15.6. The van der Waals surface area contributed by atoms with Crippen molar-refractivity contribution in [2.45, 2.75) is 38.1 Å². The largest absolute Gasteiger partial charge is 0.469 e. The number of hydrogen-bond donors (Lipinski definition) is 3. The Morgan fingerprint density at radius 2 is 1.82 bits per heavy atom. The summed E-state index contributed by atoms with van der Waals surface area (Å²) >= 11 is 0. The van der Waals surface area contributed by atoms with Gasteiger partial charge >= 0.3 is 7.82 Å². The molecule has 1 heterocycles. The van der Waals surface area contributed by atoms with Gasteiger partial charge in [-0.3, -0.25) is 9.32 Å². The number of piperidine rings is 1. The molecular formula is C24H32N3O6P. The first-order valence-electron chi connectivity index (χ1n) is 11.2. The molecule has 1 aliphatic rings. The quantitative estimate of drug-likeness (QED) is 0.202. The normalized spacial score (nSPS) is 19.2. The Morgan fingerprint density at radius 3 is 2.50 bits per heavy atom. The molecule has 0 spiro atoms. The molecule has 34 heavy (non-hydrogen) atoms. The van der Waals surface area contributed by atoms with Crippen molar-refractivity contribution < 1.29 is 28.5 Å². The van der Waals surface area contributed by atoms with Crippen molar-refractivity contribution in [3.8, 4) is 0 Å². The zero-order chi connectivity index (χ0) is 24.6. The lowest BCUT2D eigenvalue weighted by molar-refractivity contribution is 0.0550. The summed E-state index contributed by atoms with van der Waals surface area (Å²) in [6.45, 7) is 2.73. The number of phosphoric ester groups is 1. The fourth-order valence-corrected chi connectivity index (χ4v) is 4.31. The van der Waals surface area contributed by atoms with Crippen molar-refractivity contribution in [3.05, 3.63) is 71.3 Å². The Bertz CT molecular complexity index is 1020. The average molecular weight is 490 g/mol. The summed E-state index contributed by atoms with van der Waals surface area (Å²) in [7, 11) is -4.62. The van der Waals surface area contributed by atoms with E-state index in [0.717, 1.165) is 18.4 Å². The summed E-state index contributed by atoms with van der Waals surface area (Å²) in [6, 6.07) is 17.3. The second kappa shape index (κ2) is 11.7. The molecule has 0 aromatic heterocycles. The zero-order valence-corrected chi connectivity index (χ0v) is 20.2. The Kier molecular flexibility index (Phi) is 8.99. The number of rotatable bonds is 10. The van der Waals surface area contributed by atoms with Crippen molar-refractivity contribution in [1.82, 2.24) is 4.90 Å². The van der Waals surface area contributed by atoms with E-state index < -0.39 is 13.4 Å². The van der Waals surface area contributed by atoms with Gasteiger partial charge in [-0.05, 0) is 55.9 Å². The molecule has 0 aliphatic carbocycles. The van der Waals surface area contributed by atoms with E-state index in [9.17, 15) is 9.36 Å². The highest BCUT2D eigenvalue weighted by Gasteiger charge is 2.36. The van der Waals surface area contributed by atoms with Gasteiger partial charge in [0.1, 0.15) is 6.61 Å². The first-order chi connectivity index (χ1) is 16.2. The molecule has 1 fully saturated rings. The average Bonchev–Trinajstić information content (AvgIpc) is 2.82. The van der Waals surface area contributed by atoms with Crippen LogP contribution in [0.2, 0.25) is 0 Å². The number of phosphoric acid groups is 1. The van der Waals surface area contributed by atoms with Gasteiger partial charge in [-0.25, -0.2) is 4.57 Å². The van der Waals surface area contributed by atoms with Crippen molar-refractivity contribution in [2.24, 2.45) is 10.9 Å². The van der Waals surface area contributed by atoms with E-state index in [2.05, 4.69) is 21.8 Å². The zero-order valence-electron chi connectivity index (χ0n) is 19.3. The molecule has 9 nitrogen and oxygen atoms in total. The Morgan fingerprint density at radius 1 is 1.15 bits per heavy atom. The Labute approximate surface area is 199 Å². The van der Waals surface area contributed by atoms with Gasteiger partial charge in [0.15, 0.2) is 0 Å². The monoisotopic (exact) mass is 489 g/mol. The number of benzene rings is 2. The number of hydrogen-bond acceptors (Lipinski definition) is 6. The lowest BCUT2D eigenvalue weighted by atomic mass is 9.90. The van der Waals surface area contributed by atoms with Gasteiger partial charge in [-0.2, -0.15) is 0 Å². The summed E-state index contributed by atoms with van der Waals surface area (Å²) in [5.74, 6) is -0.191. The van der Waals surface area contributed by atoms with Gasteiger partial charge in [-0.1, -0.05) is 47.6 Å². The number of oxime groups is 1. The van der Waals surface area contributed by atoms with Crippen LogP contribution >= 0.6 is 7.82 Å². The first kappa shape index (κ1) is 26.1. The van der Waals surface area contributed by atoms with Gasteiger partial charge in [-0.15, -0.1) is 0 Å². The van der Waals surface area contributed by atoms with E-state index in [4.69, 9.17) is 20.4 Å². The van der Waals surface area contributed by atoms with Crippen molar-refractivity contribution in [2.75, 3.05) is 26.3 Å². The van der Waals surface area contributed by atoms with Crippen LogP contribution in [0.3, 0.4) is 0 Å². The van der Waals surface area contributed by atoms with Gasteiger partial charge in [0, 0.05) is 18.7 Å². The van der Waals surface area contributed by atoms with E-state index in [1.165, 1.54) is 5.56 Å². The third kappa shape index (κ3) is 8.04. The molecule has 0 saturated carbocycles. The molecule has 0 radical (unpaired) electrons. The highest BCUT2D eigenvalue weighted by atomic mass is 31.2. The molecule has 0 unspecified atom stereocenters. The number of nitrogens with zero attached hydrogens (tertiary/aromatic N) is 2. The molecule has 3 rings (SSSR count). The predicted molar refractivity (Wildman–Crippen MR) is 129 cm³/mol. The summed E-state index contributed by atoms with van der Waals surface area (Å²) in [5.41, 5.74) is 8.57. The maximum Gasteiger partial charge on any atom is 0.469 e. The molecule has 0 bridgehead atoms. The molecule has 1 amide bonds. The molecule has 2 aromatic rings. The molecule has 4 N–H and O–H groups in total. The Balaban J connectivity index is 1.51. The fraction of sp³-hybridized carbons (Fsp3) is 0.417. The van der Waals surface area contributed by atoms with E-state index in [-0.39, 0.29) is 19.1 Å². The van der Waals surface area contributed by atoms with E-state index >= 15 is 0 Å². The molecule has 1 saturated heterocycles. The van der Waals surface area contributed by atoms with Crippen LogP contribution in [0.5, 0.6) is 0 Å². The van der Waals surface area contributed by atoms with Crippen LogP contribution in [0.25, 0.3) is 0 Å². The number of nitrogens with two attached hydrogens (primary N) is 1. The lowest BCUT2D eigenvalue weighted by Crippen LogP contribution is -2.58. The number of likely N-dealkylation sites (tertiary alicyclic amines) is 1. The molecule has 1 aliphatic heterocycles. The van der Waals surface area contributed by atoms with E-state index in [0.29, 0.717) is 37.3 Å². The number of carbonyl (C=O) groups is 1. The third-order valence-electron chi connectivity index (χ3n) is 5.71. The second-order valence-corrected chi connectivity index (χ2v) is 9.87. The van der Waals surface area contributed by atoms with Crippen LogP contribution in [-0.2, 0) is 20.3 Å². The van der Waals surface area contributed by atoms with Crippen molar-refractivity contribution in [1.29, 1.82) is 0 Å². The number of aryl methyl sites for hydroxylation is 1. The van der Waals surface area contributed by atoms with Gasteiger partial charge in [0.2, 0.25) is 0 Å². The van der Waals surface area contributed by atoms with E-state index in [1.807, 2.05) is 37.3 Å². The van der Waals surface area contributed by atoms with Crippen molar-refractivity contribution in [3.63, 3.8) is 0 Å². The number of carbonyl (C=O) groups excluding carboxylic acids is 1. The van der Waals surface area contributed by atoms with Crippen LogP contribution in [0.1, 0.15) is 47.7 Å². The minimum Gasteiger partial charge on any atom is -0.396 e. The van der Waals surface area contributed by atoms with Crippen molar-refractivity contribution >= 4 is 19.4 Å². The topological polar surface area (TPSA) is 135 Å². The predicted octanol–water partition coefficient (Wildman–Crippen LogP) is 3.10. The highest BCUT2D eigenvalue weighted by molar-refractivity contribution is 7.46. The molecule has 1 atom stereocenters. The maximum atomic E-state index is 13.0. The third-order valence-corrected chi connectivity index (χ3v) is 6.18. The van der Waals surface area contributed by atoms with Gasteiger partial charge in [0.05, 0.1) is 17.9 Å². The van der Waals surface area contributed by atoms with E-state index in [1.54, 1.807) is 17.0 Å². The fourth-order valence-electron chi connectivity index (χ4n) is 3.88. The molecule has 184 valence electrons. The van der Waals surface area contributed by atoms with Crippen LogP contribution < -0.4 is 5.73 Å². The minimum absolute atomic E-state index is 0.158. The SMILES string of the molecule is C/C(=N\OCCCc1ccccc1)c1ccc(C(=O)N2CCC[C@@](N)(COP(=O)(O)O)C2)cc1. The standard InChI is InChI=1S/C24H32N3O6P/c1-19(26-32-16-5-9-20-7-3-2-4-8-20)21-10-12-22(13-11-21)23(28)27-15-6-14-24(25,17-27)18-33-34(29,30)31/h2-4,7-8,10-13H,5-6,9,14-18,25H2,1H3,(H2,29,30,31)/b26-19+/t24-/m0/s1. The highest BCUT2D eigenvalue weighted by Crippen LogP contribution is 2.37. The van der Waals surface area contributed by atoms with Crippen LogP contribution in [-0.4, -0.2) is 58.1 Å². The smallest absolute Gasteiger partial charge is 0.396 e. The van der Waals surface area contributed by atoms with Crippen LogP contribution in [0.4, 0.5) is 0 Å². The molecule has 10 heteroatoms. The maximum absolute atomic E-state index is 13.0. The van der Waals surface area contributed by atoms with Crippen LogP contribution in [0, 0.1) is 0 Å². The Hall–Kier alpha value is -2.55. The first-order valence-corrected chi connectivity index (χ1v) is 12.8. The summed E-state index contributed by atoms with van der Waals surface area (Å²) in [6.07, 6.45) is 2.93. The molecule has 2 aromatic carbocycles. The van der Waals surface area contributed by atoms with Gasteiger partial charge < -0.3 is 25.3 Å². The summed E-state index contributed by atoms with van der Waals surface area (Å²) in [5, 5.41) is 4.18. The van der Waals surface area contributed by atoms with Gasteiger partial charge in [0.25, 0.3) is 5.91 Å². The second-order valence-electron chi connectivity index (χ2n) is 8.63. The molecular weight excluding hydrogens is 457 g/mol. The minimum atomic E-state index is -4.62.